The Hall–Kier alpha value is -8.52. The van der Waals surface area contributed by atoms with Crippen molar-refractivity contribution in [1.29, 1.82) is 0 Å². The van der Waals surface area contributed by atoms with Gasteiger partial charge in [0.1, 0.15) is 11.6 Å². The number of rotatable bonds is 8. The van der Waals surface area contributed by atoms with E-state index in [4.69, 9.17) is 0 Å². The van der Waals surface area contributed by atoms with E-state index in [-0.39, 0.29) is 68.2 Å². The molecule has 2 aromatic heterocycles. The fourth-order valence-corrected chi connectivity index (χ4v) is 4.73. The van der Waals surface area contributed by atoms with Crippen LogP contribution >= 0.6 is 0 Å². The third-order valence-electron chi connectivity index (χ3n) is 7.92. The van der Waals surface area contributed by atoms with Crippen LogP contribution in [0.15, 0.2) is 231 Å². The smallest absolute Gasteiger partial charge is 0.545 e. The van der Waals surface area contributed by atoms with Gasteiger partial charge in [0.25, 0.3) is 11.8 Å². The first-order chi connectivity index (χ1) is 31.9. The molecule has 2 amide bonds. The second-order valence-corrected chi connectivity index (χ2v) is 12.7. The predicted molar refractivity (Wildman–Crippen MR) is 240 cm³/mol. The average Bonchev–Trinajstić information content (AvgIpc) is 3.37. The molecule has 0 atom stereocenters. The minimum atomic E-state index is -1.13. The summed E-state index contributed by atoms with van der Waals surface area (Å²) in [5.41, 5.74) is 2.14. The van der Waals surface area contributed by atoms with Crippen LogP contribution in [0.4, 0.5) is 11.6 Å². The van der Waals surface area contributed by atoms with Gasteiger partial charge < -0.3 is 50.2 Å². The largest absolute Gasteiger partial charge is 2.00 e. The Morgan fingerprint density at radius 1 is 0.279 bits per heavy atom. The van der Waals surface area contributed by atoms with Crippen LogP contribution in [0.5, 0.6) is 0 Å². The Morgan fingerprint density at radius 2 is 0.471 bits per heavy atom. The summed E-state index contributed by atoms with van der Waals surface area (Å²) < 4.78 is 0. The number of hydrogen-bond acceptors (Lipinski definition) is 12. The SMILES string of the molecule is O=C(Nc1ccccn1)c1ccccc1.O=C(Nc1ccccn1)c1ccccc1.O=C([O-])c1ccccc1.O=C([O-])c1ccccc1.O=C([O-])c1ccccc1.O=C([O-])c1ccccc1.[Cu+2].[Cu+2]. The molecule has 0 aliphatic carbocycles. The van der Waals surface area contributed by atoms with Gasteiger partial charge in [-0.05, 0) is 70.8 Å². The quantitative estimate of drug-likeness (QED) is 0.194. The number of hydrogen-bond donors (Lipinski definition) is 2. The van der Waals surface area contributed by atoms with Crippen molar-refractivity contribution in [2.24, 2.45) is 0 Å². The Bertz CT molecular complexity index is 2370. The number of amides is 2. The second kappa shape index (κ2) is 33.9. The van der Waals surface area contributed by atoms with E-state index < -0.39 is 23.9 Å². The molecule has 2 radical (unpaired) electrons. The van der Waals surface area contributed by atoms with E-state index in [9.17, 15) is 49.2 Å². The Kier molecular flexibility index (Phi) is 28.7. The Morgan fingerprint density at radius 3 is 0.632 bits per heavy atom. The van der Waals surface area contributed by atoms with Gasteiger partial charge in [-0.3, -0.25) is 9.59 Å². The molecule has 0 aliphatic rings. The van der Waals surface area contributed by atoms with Gasteiger partial charge in [0, 0.05) is 23.5 Å². The number of carboxylic acids is 4. The Balaban J connectivity index is 0.000000413. The van der Waals surface area contributed by atoms with Gasteiger partial charge in [0.2, 0.25) is 0 Å². The zero-order chi connectivity index (χ0) is 47.8. The fourth-order valence-electron chi connectivity index (χ4n) is 4.73. The van der Waals surface area contributed by atoms with Gasteiger partial charge in [-0.15, -0.1) is 0 Å². The summed E-state index contributed by atoms with van der Waals surface area (Å²) in [6.45, 7) is 0. The standard InChI is InChI=1S/2C12H10N2O.4C7H6O2.2Cu/c2*15-12(10-6-2-1-3-7-10)14-11-8-4-5-9-13-11;4*8-7(9)6-4-2-1-3-5-6;;/h2*1-9H,(H,13,14,15);4*1-5H,(H,8,9);;/q;;;;;;2*+2/p-4. The summed E-state index contributed by atoms with van der Waals surface area (Å²) in [4.78, 5) is 71.7. The van der Waals surface area contributed by atoms with E-state index in [1.54, 1.807) is 134 Å². The number of nitrogens with zero attached hydrogens (tertiary/aromatic N) is 2. The molecule has 0 bridgehead atoms. The maximum atomic E-state index is 11.7. The first-order valence-electron chi connectivity index (χ1n) is 19.5. The van der Waals surface area contributed by atoms with E-state index in [0.29, 0.717) is 22.8 Å². The van der Waals surface area contributed by atoms with Gasteiger partial charge in [-0.1, -0.05) is 170 Å². The summed E-state index contributed by atoms with van der Waals surface area (Å²) in [5.74, 6) is -3.68. The number of anilines is 2. The van der Waals surface area contributed by atoms with Crippen molar-refractivity contribution in [3.05, 3.63) is 264 Å². The van der Waals surface area contributed by atoms with Crippen molar-refractivity contribution in [3.8, 4) is 0 Å². The number of carbonyl (C=O) groups excluding carboxylic acids is 6. The van der Waals surface area contributed by atoms with E-state index in [0.717, 1.165) is 0 Å². The predicted octanol–water partition coefficient (Wildman–Crippen LogP) is 4.86. The molecule has 8 aromatic rings. The van der Waals surface area contributed by atoms with Crippen molar-refractivity contribution < 1.29 is 83.3 Å². The summed E-state index contributed by atoms with van der Waals surface area (Å²) in [7, 11) is 0. The molecule has 0 spiro atoms. The fraction of sp³-hybridized carbons (Fsp3) is 0. The van der Waals surface area contributed by atoms with Crippen molar-refractivity contribution in [1.82, 2.24) is 9.97 Å². The summed E-state index contributed by atoms with van der Waals surface area (Å²) in [5, 5.41) is 45.8. The summed E-state index contributed by atoms with van der Waals surface area (Å²) in [6, 6.07) is 61.1. The molecule has 350 valence electrons. The van der Waals surface area contributed by atoms with Crippen molar-refractivity contribution in [2.45, 2.75) is 0 Å². The maximum Gasteiger partial charge on any atom is 2.00 e. The van der Waals surface area contributed by atoms with Gasteiger partial charge in [0.15, 0.2) is 0 Å². The minimum absolute atomic E-state index is 0. The van der Waals surface area contributed by atoms with Gasteiger partial charge in [0.05, 0.1) is 23.9 Å². The van der Waals surface area contributed by atoms with Crippen LogP contribution in [0.3, 0.4) is 0 Å². The maximum absolute atomic E-state index is 11.7. The molecule has 14 nitrogen and oxygen atoms in total. The zero-order valence-electron chi connectivity index (χ0n) is 35.5. The third kappa shape index (κ3) is 24.0. The first kappa shape index (κ1) is 57.5. The molecule has 68 heavy (non-hydrogen) atoms. The van der Waals surface area contributed by atoms with E-state index >= 15 is 0 Å². The van der Waals surface area contributed by atoms with Crippen LogP contribution in [0.1, 0.15) is 62.1 Å². The summed E-state index contributed by atoms with van der Waals surface area (Å²) in [6.07, 6.45) is 3.28. The summed E-state index contributed by atoms with van der Waals surface area (Å²) >= 11 is 0. The van der Waals surface area contributed by atoms with Crippen LogP contribution in [0, 0.1) is 0 Å². The molecule has 0 saturated carbocycles. The molecule has 8 rings (SSSR count). The van der Waals surface area contributed by atoms with Gasteiger partial charge >= 0.3 is 34.1 Å². The number of pyridine rings is 2. The third-order valence-corrected chi connectivity index (χ3v) is 7.92. The van der Waals surface area contributed by atoms with Crippen LogP contribution in [0.2, 0.25) is 0 Å². The zero-order valence-corrected chi connectivity index (χ0v) is 37.4. The van der Waals surface area contributed by atoms with Crippen LogP contribution in [-0.2, 0) is 34.1 Å². The molecule has 0 fully saturated rings. The second-order valence-electron chi connectivity index (χ2n) is 12.7. The molecule has 2 N–H and O–H groups in total. The Labute approximate surface area is 413 Å². The van der Waals surface area contributed by atoms with Gasteiger partial charge in [-0.2, -0.15) is 0 Å². The van der Waals surface area contributed by atoms with Crippen molar-refractivity contribution in [2.75, 3.05) is 10.6 Å². The topological polar surface area (TPSA) is 244 Å². The van der Waals surface area contributed by atoms with E-state index in [1.165, 1.54) is 48.5 Å². The monoisotopic (exact) mass is 1010 g/mol. The van der Waals surface area contributed by atoms with Crippen molar-refractivity contribution in [3.63, 3.8) is 0 Å². The molecule has 0 aliphatic heterocycles. The molecular weight excluding hydrogens is 968 g/mol. The first-order valence-corrected chi connectivity index (χ1v) is 19.5. The molecular formula is C52H40Cu2N4O10. The average molecular weight is 1010 g/mol. The minimum Gasteiger partial charge on any atom is -0.545 e. The number of aromatic nitrogens is 2. The molecule has 2 heterocycles. The number of benzene rings is 6. The van der Waals surface area contributed by atoms with Crippen LogP contribution < -0.4 is 31.1 Å². The molecule has 16 heteroatoms. The number of carboxylic acid groups (broad SMARTS) is 4. The van der Waals surface area contributed by atoms with Crippen LogP contribution in [-0.4, -0.2) is 45.7 Å². The molecule has 0 unspecified atom stereocenters. The van der Waals surface area contributed by atoms with Crippen molar-refractivity contribution >= 4 is 47.3 Å². The van der Waals surface area contributed by atoms with E-state index in [2.05, 4.69) is 20.6 Å². The normalized spacial score (nSPS) is 8.94. The van der Waals surface area contributed by atoms with E-state index in [1.807, 2.05) is 48.5 Å². The van der Waals surface area contributed by atoms with Gasteiger partial charge in [-0.25, -0.2) is 9.97 Å². The number of aromatic carboxylic acids is 4. The molecule has 6 aromatic carbocycles. The number of nitrogens with one attached hydrogen (secondary N) is 2. The number of carbonyl (C=O) groups is 6. The van der Waals surface area contributed by atoms with Crippen LogP contribution in [0.25, 0.3) is 0 Å². The molecule has 0 saturated heterocycles.